The molecule has 3 N–H and O–H groups in total. The molecule has 0 spiro atoms. The van der Waals surface area contributed by atoms with Gasteiger partial charge in [0, 0.05) is 5.56 Å². The maximum atomic E-state index is 13.5. The number of halogens is 1. The van der Waals surface area contributed by atoms with Crippen molar-refractivity contribution in [1.82, 2.24) is 10.2 Å². The number of rotatable bonds is 3. The number of carboxylic acids is 1. The molecule has 18 heavy (non-hydrogen) atoms. The summed E-state index contributed by atoms with van der Waals surface area (Å²) in [5.41, 5.74) is -0.966. The van der Waals surface area contributed by atoms with Gasteiger partial charge in [-0.2, -0.15) is 0 Å². The number of nitrogens with one attached hydrogen (secondary N) is 2. The normalized spacial score (nSPS) is 10.3. The molecule has 1 aromatic heterocycles. The number of benzene rings is 1. The van der Waals surface area contributed by atoms with Crippen molar-refractivity contribution in [3.05, 3.63) is 39.9 Å². The lowest BCUT2D eigenvalue weighted by Crippen LogP contribution is -2.12. The summed E-state index contributed by atoms with van der Waals surface area (Å²) in [7, 11) is 1.32. The molecule has 0 unspecified atom stereocenters. The van der Waals surface area contributed by atoms with Crippen molar-refractivity contribution in [3.8, 4) is 17.0 Å². The van der Waals surface area contributed by atoms with Crippen LogP contribution in [0.2, 0.25) is 0 Å². The van der Waals surface area contributed by atoms with Crippen LogP contribution in [0.4, 0.5) is 4.39 Å². The number of carbonyl (C=O) groups is 1. The Balaban J connectivity index is 2.59. The van der Waals surface area contributed by atoms with E-state index in [-0.39, 0.29) is 17.0 Å². The van der Waals surface area contributed by atoms with Crippen LogP contribution in [0.3, 0.4) is 0 Å². The van der Waals surface area contributed by atoms with E-state index in [0.29, 0.717) is 0 Å². The second kappa shape index (κ2) is 4.36. The quantitative estimate of drug-likeness (QED) is 0.765. The smallest absolute Gasteiger partial charge is 0.343 e. The molecule has 1 heterocycles. The van der Waals surface area contributed by atoms with Gasteiger partial charge in [0.05, 0.1) is 12.8 Å². The van der Waals surface area contributed by atoms with Gasteiger partial charge in [-0.05, 0) is 18.2 Å². The summed E-state index contributed by atoms with van der Waals surface area (Å²) in [5.74, 6) is -1.99. The van der Waals surface area contributed by atoms with Crippen LogP contribution in [0.5, 0.6) is 5.75 Å². The number of methoxy groups -OCH3 is 1. The summed E-state index contributed by atoms with van der Waals surface area (Å²) in [6, 6.07) is 3.89. The Morgan fingerprint density at radius 3 is 2.67 bits per heavy atom. The van der Waals surface area contributed by atoms with Crippen LogP contribution in [-0.4, -0.2) is 28.4 Å². The van der Waals surface area contributed by atoms with E-state index in [9.17, 15) is 14.0 Å². The van der Waals surface area contributed by atoms with Gasteiger partial charge in [-0.15, -0.1) is 0 Å². The Bertz CT molecular complexity index is 659. The van der Waals surface area contributed by atoms with Gasteiger partial charge < -0.3 is 9.84 Å². The molecule has 94 valence electrons. The van der Waals surface area contributed by atoms with Gasteiger partial charge in [0.15, 0.2) is 17.1 Å². The number of H-pyrrole nitrogens is 2. The fourth-order valence-corrected chi connectivity index (χ4v) is 1.60. The van der Waals surface area contributed by atoms with Crippen molar-refractivity contribution in [2.75, 3.05) is 7.11 Å². The average molecular weight is 252 g/mol. The molecule has 0 bridgehead atoms. The third kappa shape index (κ3) is 1.86. The number of carboxylic acid groups (broad SMARTS) is 1. The molecule has 0 saturated heterocycles. The lowest BCUT2D eigenvalue weighted by molar-refractivity contribution is 0.0696. The van der Waals surface area contributed by atoms with Crippen molar-refractivity contribution in [2.24, 2.45) is 0 Å². The Hall–Kier alpha value is -2.57. The number of aromatic amines is 2. The van der Waals surface area contributed by atoms with Crippen molar-refractivity contribution in [2.45, 2.75) is 0 Å². The average Bonchev–Trinajstić information content (AvgIpc) is 2.71. The Kier molecular flexibility index (Phi) is 2.88. The molecule has 0 amide bonds. The van der Waals surface area contributed by atoms with Crippen molar-refractivity contribution in [1.29, 1.82) is 0 Å². The largest absolute Gasteiger partial charge is 0.494 e. The molecule has 2 aromatic rings. The van der Waals surface area contributed by atoms with Gasteiger partial charge in [0.25, 0.3) is 5.56 Å². The first-order valence-electron chi connectivity index (χ1n) is 4.92. The Morgan fingerprint density at radius 2 is 2.11 bits per heavy atom. The third-order valence-electron chi connectivity index (χ3n) is 2.43. The van der Waals surface area contributed by atoms with Gasteiger partial charge in [-0.3, -0.25) is 15.0 Å². The van der Waals surface area contributed by atoms with Crippen LogP contribution >= 0.6 is 0 Å². The summed E-state index contributed by atoms with van der Waals surface area (Å²) in [4.78, 5) is 22.2. The van der Waals surface area contributed by atoms with E-state index in [1.807, 2.05) is 0 Å². The van der Waals surface area contributed by atoms with Crippen LogP contribution in [0.25, 0.3) is 11.3 Å². The Labute approximate surface area is 100 Å². The molecular formula is C11H9FN2O4. The maximum absolute atomic E-state index is 13.5. The summed E-state index contributed by atoms with van der Waals surface area (Å²) >= 11 is 0. The van der Waals surface area contributed by atoms with Crippen molar-refractivity contribution in [3.63, 3.8) is 0 Å². The number of ether oxygens (including phenoxy) is 1. The van der Waals surface area contributed by atoms with E-state index < -0.39 is 22.9 Å². The zero-order chi connectivity index (χ0) is 13.3. The predicted molar refractivity (Wildman–Crippen MR) is 60.3 cm³/mol. The molecule has 1 aromatic carbocycles. The summed E-state index contributed by atoms with van der Waals surface area (Å²) < 4.78 is 18.2. The first-order chi connectivity index (χ1) is 8.54. The fraction of sp³-hybridized carbons (Fsp3) is 0.0909. The van der Waals surface area contributed by atoms with Gasteiger partial charge in [-0.25, -0.2) is 9.18 Å². The molecule has 0 radical (unpaired) electrons. The number of aromatic carboxylic acids is 1. The standard InChI is InChI=1S/C11H9FN2O4/c1-18-7-3-2-5(4-6(7)12)9-8(11(16)17)10(15)14-13-9/h2-4H,1H3,(H,16,17)(H2,13,14,15). The molecule has 0 aliphatic rings. The highest BCUT2D eigenvalue weighted by atomic mass is 19.1. The molecule has 0 aliphatic carbocycles. The van der Waals surface area contributed by atoms with E-state index in [1.54, 1.807) is 0 Å². The molecule has 0 aliphatic heterocycles. The number of hydrogen-bond acceptors (Lipinski definition) is 3. The second-order valence-corrected chi connectivity index (χ2v) is 3.48. The summed E-state index contributed by atoms with van der Waals surface area (Å²) in [6.07, 6.45) is 0. The second-order valence-electron chi connectivity index (χ2n) is 3.48. The highest BCUT2D eigenvalue weighted by Gasteiger charge is 2.19. The highest BCUT2D eigenvalue weighted by Crippen LogP contribution is 2.25. The minimum atomic E-state index is -1.39. The third-order valence-corrected chi connectivity index (χ3v) is 2.43. The van der Waals surface area contributed by atoms with E-state index in [4.69, 9.17) is 9.84 Å². The molecule has 6 nitrogen and oxygen atoms in total. The lowest BCUT2D eigenvalue weighted by Gasteiger charge is -2.04. The molecule has 0 saturated carbocycles. The van der Waals surface area contributed by atoms with E-state index in [1.165, 1.54) is 19.2 Å². The van der Waals surface area contributed by atoms with Crippen molar-refractivity contribution >= 4 is 5.97 Å². The van der Waals surface area contributed by atoms with Gasteiger partial charge in [-0.1, -0.05) is 0 Å². The van der Waals surface area contributed by atoms with Crippen LogP contribution in [0.15, 0.2) is 23.0 Å². The molecule has 0 atom stereocenters. The van der Waals surface area contributed by atoms with E-state index in [0.717, 1.165) is 6.07 Å². The highest BCUT2D eigenvalue weighted by molar-refractivity contribution is 5.94. The fourth-order valence-electron chi connectivity index (χ4n) is 1.60. The van der Waals surface area contributed by atoms with Gasteiger partial charge in [0.1, 0.15) is 0 Å². The van der Waals surface area contributed by atoms with Crippen LogP contribution in [-0.2, 0) is 0 Å². The Morgan fingerprint density at radius 1 is 1.39 bits per heavy atom. The van der Waals surface area contributed by atoms with Crippen LogP contribution in [0.1, 0.15) is 10.4 Å². The summed E-state index contributed by atoms with van der Waals surface area (Å²) in [6.45, 7) is 0. The first-order valence-corrected chi connectivity index (χ1v) is 4.92. The topological polar surface area (TPSA) is 95.2 Å². The zero-order valence-corrected chi connectivity index (χ0v) is 9.28. The minimum Gasteiger partial charge on any atom is -0.494 e. The molecular weight excluding hydrogens is 243 g/mol. The molecule has 7 heteroatoms. The number of aromatic nitrogens is 2. The van der Waals surface area contributed by atoms with Crippen LogP contribution in [0, 0.1) is 5.82 Å². The SMILES string of the molecule is COc1ccc(-c2[nH][nH]c(=O)c2C(=O)O)cc1F. The zero-order valence-electron chi connectivity index (χ0n) is 9.28. The number of hydrogen-bond donors (Lipinski definition) is 3. The molecule has 2 rings (SSSR count). The van der Waals surface area contributed by atoms with Crippen molar-refractivity contribution < 1.29 is 19.0 Å². The van der Waals surface area contributed by atoms with Crippen LogP contribution < -0.4 is 10.3 Å². The minimum absolute atomic E-state index is 0.0223. The molecule has 0 fully saturated rings. The van der Waals surface area contributed by atoms with E-state index in [2.05, 4.69) is 10.2 Å². The monoisotopic (exact) mass is 252 g/mol. The van der Waals surface area contributed by atoms with Gasteiger partial charge >= 0.3 is 5.97 Å². The summed E-state index contributed by atoms with van der Waals surface area (Å²) in [5, 5.41) is 13.5. The lowest BCUT2D eigenvalue weighted by atomic mass is 10.1. The van der Waals surface area contributed by atoms with E-state index >= 15 is 0 Å². The maximum Gasteiger partial charge on any atom is 0.343 e. The van der Waals surface area contributed by atoms with Gasteiger partial charge in [0.2, 0.25) is 0 Å². The predicted octanol–water partition coefficient (Wildman–Crippen LogP) is 1.22. The first kappa shape index (κ1) is 11.9.